The first-order valence-electron chi connectivity index (χ1n) is 8.05. The number of rotatable bonds is 1. The van der Waals surface area contributed by atoms with Crippen molar-refractivity contribution >= 4 is 11.4 Å². The molecular weight excluding hydrogens is 282 g/mol. The Bertz CT molecular complexity index is 848. The second kappa shape index (κ2) is 5.24. The molecule has 1 aromatic rings. The Morgan fingerprint density at radius 3 is 2.61 bits per heavy atom. The summed E-state index contributed by atoms with van der Waals surface area (Å²) < 4.78 is 0. The van der Waals surface area contributed by atoms with E-state index in [4.69, 9.17) is 0 Å². The van der Waals surface area contributed by atoms with Crippen LogP contribution in [0, 0.1) is 11.8 Å². The number of carbonyl (C=O) groups is 1. The number of ketones is 1. The minimum Gasteiger partial charge on any atom is -0.364 e. The lowest BCUT2D eigenvalue weighted by Crippen LogP contribution is -2.23. The number of benzene rings is 1. The third-order valence-electron chi connectivity index (χ3n) is 4.86. The van der Waals surface area contributed by atoms with E-state index in [0.717, 1.165) is 22.4 Å². The number of Topliss-reactive ketones (excluding diaryl/α,β-unsaturated/α-hetero) is 1. The van der Waals surface area contributed by atoms with E-state index in [1.807, 2.05) is 42.6 Å². The highest BCUT2D eigenvalue weighted by molar-refractivity contribution is 6.22. The largest absolute Gasteiger partial charge is 0.364 e. The van der Waals surface area contributed by atoms with Gasteiger partial charge in [-0.15, -0.1) is 0 Å². The van der Waals surface area contributed by atoms with Gasteiger partial charge in [0, 0.05) is 34.9 Å². The molecule has 0 radical (unpaired) electrons. The molecule has 1 aliphatic heterocycles. The lowest BCUT2D eigenvalue weighted by Gasteiger charge is -2.30. The molecule has 1 N–H and O–H groups in total. The second-order valence-corrected chi connectivity index (χ2v) is 6.34. The zero-order valence-electron chi connectivity index (χ0n) is 13.3. The van der Waals surface area contributed by atoms with Gasteiger partial charge < -0.3 is 5.32 Å². The molecular formula is C21H19NO. The van der Waals surface area contributed by atoms with E-state index < -0.39 is 0 Å². The number of fused-ring (bicyclic) bond motifs is 2. The summed E-state index contributed by atoms with van der Waals surface area (Å²) in [6.45, 7) is 4.28. The average Bonchev–Trinajstić information content (AvgIpc) is 2.71. The van der Waals surface area contributed by atoms with Crippen LogP contribution in [0.15, 0.2) is 77.7 Å². The number of carbonyl (C=O) groups excluding carboxylic acids is 1. The Balaban J connectivity index is 1.92. The van der Waals surface area contributed by atoms with Gasteiger partial charge in [0.15, 0.2) is 5.78 Å². The molecule has 0 fully saturated rings. The fraction of sp³-hybridized carbons (Fsp3) is 0.190. The molecule has 0 bridgehead atoms. The smallest absolute Gasteiger partial charge is 0.190 e. The van der Waals surface area contributed by atoms with Gasteiger partial charge in [-0.1, -0.05) is 55.0 Å². The monoisotopic (exact) mass is 301 g/mol. The van der Waals surface area contributed by atoms with Crippen molar-refractivity contribution in [2.75, 3.05) is 0 Å². The Labute approximate surface area is 136 Å². The molecule has 23 heavy (non-hydrogen) atoms. The Morgan fingerprint density at radius 2 is 1.78 bits per heavy atom. The standard InChI is InChI=1S/C21H19NO/c1-13-12-14(2)19-20(15-8-5-6-9-16(15)21(19)23)18(13)17-10-4-3-7-11-22-17/h3-12,14,18,22H,1-2H3. The van der Waals surface area contributed by atoms with E-state index in [0.29, 0.717) is 0 Å². The molecule has 2 atom stereocenters. The van der Waals surface area contributed by atoms with Gasteiger partial charge in [-0.2, -0.15) is 0 Å². The molecule has 1 aromatic carbocycles. The molecule has 0 amide bonds. The van der Waals surface area contributed by atoms with Crippen molar-refractivity contribution in [2.45, 2.75) is 13.8 Å². The van der Waals surface area contributed by atoms with Crippen molar-refractivity contribution in [1.29, 1.82) is 0 Å². The van der Waals surface area contributed by atoms with Gasteiger partial charge in [0.05, 0.1) is 0 Å². The Morgan fingerprint density at radius 1 is 1.00 bits per heavy atom. The van der Waals surface area contributed by atoms with Crippen LogP contribution >= 0.6 is 0 Å². The molecule has 2 aliphatic carbocycles. The molecule has 1 heterocycles. The number of hydrogen-bond donors (Lipinski definition) is 1. The van der Waals surface area contributed by atoms with Crippen molar-refractivity contribution in [3.05, 3.63) is 88.8 Å². The van der Waals surface area contributed by atoms with Crippen LogP contribution in [0.25, 0.3) is 5.57 Å². The zero-order valence-corrected chi connectivity index (χ0v) is 13.3. The van der Waals surface area contributed by atoms with E-state index >= 15 is 0 Å². The van der Waals surface area contributed by atoms with Gasteiger partial charge in [0.25, 0.3) is 0 Å². The van der Waals surface area contributed by atoms with Gasteiger partial charge in [0.2, 0.25) is 0 Å². The summed E-state index contributed by atoms with van der Waals surface area (Å²) >= 11 is 0. The van der Waals surface area contributed by atoms with E-state index in [9.17, 15) is 4.79 Å². The first-order valence-corrected chi connectivity index (χ1v) is 8.05. The molecule has 2 nitrogen and oxygen atoms in total. The molecule has 0 saturated carbocycles. The average molecular weight is 301 g/mol. The van der Waals surface area contributed by atoms with Crippen LogP contribution in [0.4, 0.5) is 0 Å². The fourth-order valence-electron chi connectivity index (χ4n) is 3.94. The van der Waals surface area contributed by atoms with Crippen LogP contribution in [0.5, 0.6) is 0 Å². The summed E-state index contributed by atoms with van der Waals surface area (Å²) in [6.07, 6.45) is 12.3. The summed E-state index contributed by atoms with van der Waals surface area (Å²) in [5.74, 6) is 0.469. The van der Waals surface area contributed by atoms with Gasteiger partial charge in [0.1, 0.15) is 0 Å². The summed E-state index contributed by atoms with van der Waals surface area (Å²) in [5, 5.41) is 3.39. The maximum Gasteiger partial charge on any atom is 0.190 e. The summed E-state index contributed by atoms with van der Waals surface area (Å²) in [4.78, 5) is 12.9. The van der Waals surface area contributed by atoms with Crippen LogP contribution in [0.2, 0.25) is 0 Å². The van der Waals surface area contributed by atoms with Crippen molar-refractivity contribution in [2.24, 2.45) is 11.8 Å². The van der Waals surface area contributed by atoms with Gasteiger partial charge in [-0.05, 0) is 30.2 Å². The Kier molecular flexibility index (Phi) is 3.19. The number of nitrogens with one attached hydrogen (secondary N) is 1. The summed E-state index contributed by atoms with van der Waals surface area (Å²) in [5.41, 5.74) is 6.49. The van der Waals surface area contributed by atoms with E-state index in [1.54, 1.807) is 0 Å². The van der Waals surface area contributed by atoms with Crippen LogP contribution < -0.4 is 5.32 Å². The molecule has 0 spiro atoms. The molecule has 3 aliphatic rings. The summed E-state index contributed by atoms with van der Waals surface area (Å²) in [6, 6.07) is 8.00. The second-order valence-electron chi connectivity index (χ2n) is 6.34. The van der Waals surface area contributed by atoms with E-state index in [2.05, 4.69) is 37.4 Å². The molecule has 0 aromatic heterocycles. The van der Waals surface area contributed by atoms with Gasteiger partial charge in [-0.25, -0.2) is 0 Å². The van der Waals surface area contributed by atoms with Crippen LogP contribution in [-0.2, 0) is 0 Å². The zero-order chi connectivity index (χ0) is 16.0. The molecule has 2 unspecified atom stereocenters. The fourth-order valence-corrected chi connectivity index (χ4v) is 3.94. The highest BCUT2D eigenvalue weighted by Crippen LogP contribution is 2.48. The number of hydrogen-bond acceptors (Lipinski definition) is 2. The predicted molar refractivity (Wildman–Crippen MR) is 93.6 cm³/mol. The van der Waals surface area contributed by atoms with Crippen molar-refractivity contribution in [3.8, 4) is 0 Å². The van der Waals surface area contributed by atoms with E-state index in [1.165, 1.54) is 11.1 Å². The van der Waals surface area contributed by atoms with Crippen molar-refractivity contribution in [1.82, 2.24) is 5.32 Å². The van der Waals surface area contributed by atoms with Crippen LogP contribution in [0.3, 0.4) is 0 Å². The maximum atomic E-state index is 12.9. The summed E-state index contributed by atoms with van der Waals surface area (Å²) in [7, 11) is 0. The molecule has 2 heteroatoms. The highest BCUT2D eigenvalue weighted by atomic mass is 16.1. The predicted octanol–water partition coefficient (Wildman–Crippen LogP) is 4.41. The lowest BCUT2D eigenvalue weighted by atomic mass is 9.76. The third kappa shape index (κ3) is 2.06. The van der Waals surface area contributed by atoms with E-state index in [-0.39, 0.29) is 17.6 Å². The minimum absolute atomic E-state index is 0.112. The van der Waals surface area contributed by atoms with Gasteiger partial charge >= 0.3 is 0 Å². The maximum absolute atomic E-state index is 12.9. The molecule has 114 valence electrons. The minimum atomic E-state index is 0.112. The molecule has 4 rings (SSSR count). The van der Waals surface area contributed by atoms with Gasteiger partial charge in [-0.3, -0.25) is 4.79 Å². The first kappa shape index (κ1) is 14.0. The lowest BCUT2D eigenvalue weighted by molar-refractivity contribution is 0.103. The molecule has 0 saturated heterocycles. The SMILES string of the molecule is CC1=CC(C)C2=C(c3ccccc3C2=O)C1C1=CC=CC=CN1. The quantitative estimate of drug-likeness (QED) is 0.779. The Hall–Kier alpha value is -2.61. The number of allylic oxidation sites excluding steroid dienone is 7. The van der Waals surface area contributed by atoms with Crippen LogP contribution in [0.1, 0.15) is 29.8 Å². The van der Waals surface area contributed by atoms with Crippen LogP contribution in [-0.4, -0.2) is 5.78 Å². The highest BCUT2D eigenvalue weighted by Gasteiger charge is 2.39. The van der Waals surface area contributed by atoms with Crippen molar-refractivity contribution in [3.63, 3.8) is 0 Å². The topological polar surface area (TPSA) is 29.1 Å². The van der Waals surface area contributed by atoms with Crippen molar-refractivity contribution < 1.29 is 4.79 Å². The first-order chi connectivity index (χ1) is 11.2. The normalized spacial score (nSPS) is 25.4. The third-order valence-corrected chi connectivity index (χ3v) is 4.86.